The van der Waals surface area contributed by atoms with Crippen LogP contribution in [0.25, 0.3) is 0 Å². The summed E-state index contributed by atoms with van der Waals surface area (Å²) < 4.78 is 56.8. The molecule has 2 heterocycles. The minimum atomic E-state index is -4.59. The van der Waals surface area contributed by atoms with Gasteiger partial charge in [0, 0.05) is 37.7 Å². The van der Waals surface area contributed by atoms with Gasteiger partial charge in [0.1, 0.15) is 5.82 Å². The van der Waals surface area contributed by atoms with E-state index in [9.17, 15) is 27.2 Å². The van der Waals surface area contributed by atoms with E-state index in [0.29, 0.717) is 38.5 Å². The predicted octanol–water partition coefficient (Wildman–Crippen LogP) is 2.03. The predicted molar refractivity (Wildman–Crippen MR) is 86.1 cm³/mol. The third kappa shape index (κ3) is 4.88. The Morgan fingerprint density at radius 3 is 2.63 bits per heavy atom. The molecule has 0 aromatic heterocycles. The van der Waals surface area contributed by atoms with Gasteiger partial charge in [0.25, 0.3) is 0 Å². The molecule has 2 saturated heterocycles. The van der Waals surface area contributed by atoms with Gasteiger partial charge in [0.05, 0.1) is 18.3 Å². The molecule has 0 spiro atoms. The number of rotatable bonds is 6. The van der Waals surface area contributed by atoms with Gasteiger partial charge in [0.15, 0.2) is 0 Å². The summed E-state index contributed by atoms with van der Waals surface area (Å²) in [6.07, 6.45) is -4.03. The molecule has 1 unspecified atom stereocenters. The number of nitrogens with one attached hydrogen (secondary N) is 2. The van der Waals surface area contributed by atoms with Crippen molar-refractivity contribution in [2.45, 2.75) is 37.8 Å². The number of halogens is 4. The summed E-state index contributed by atoms with van der Waals surface area (Å²) in [5.41, 5.74) is -1.00. The Hall–Kier alpha value is -2.36. The summed E-state index contributed by atoms with van der Waals surface area (Å²) in [4.78, 5) is 24.6. The van der Waals surface area contributed by atoms with Gasteiger partial charge in [-0.3, -0.25) is 4.79 Å². The van der Waals surface area contributed by atoms with Crippen LogP contribution in [0.3, 0.4) is 0 Å². The first-order chi connectivity index (χ1) is 12.7. The molecule has 0 bridgehead atoms. The quantitative estimate of drug-likeness (QED) is 0.732. The number of amides is 3. The molecule has 2 aliphatic rings. The van der Waals surface area contributed by atoms with Gasteiger partial charge in [-0.15, -0.1) is 0 Å². The van der Waals surface area contributed by atoms with Crippen LogP contribution in [0.4, 0.5) is 22.4 Å². The van der Waals surface area contributed by atoms with Gasteiger partial charge in [0.2, 0.25) is 5.91 Å². The lowest BCUT2D eigenvalue weighted by molar-refractivity contribution is -0.146. The van der Waals surface area contributed by atoms with Crippen molar-refractivity contribution < 1.29 is 31.9 Å². The third-order valence-electron chi connectivity index (χ3n) is 4.61. The second kappa shape index (κ2) is 7.71. The number of hydrogen-bond donors (Lipinski definition) is 2. The number of carbonyl (C=O) groups excluding carboxylic acids is 2. The first-order valence-electron chi connectivity index (χ1n) is 8.51. The highest BCUT2D eigenvalue weighted by atomic mass is 19.4. The van der Waals surface area contributed by atoms with Crippen molar-refractivity contribution in [3.8, 4) is 0 Å². The van der Waals surface area contributed by atoms with Crippen LogP contribution < -0.4 is 10.6 Å². The van der Waals surface area contributed by atoms with Crippen molar-refractivity contribution in [3.05, 3.63) is 35.1 Å². The maximum absolute atomic E-state index is 13.8. The lowest BCUT2D eigenvalue weighted by atomic mass is 10.1. The van der Waals surface area contributed by atoms with Crippen molar-refractivity contribution in [1.29, 1.82) is 0 Å². The summed E-state index contributed by atoms with van der Waals surface area (Å²) in [5.74, 6) is -1.03. The average molecular weight is 389 g/mol. The zero-order valence-corrected chi connectivity index (χ0v) is 14.3. The van der Waals surface area contributed by atoms with E-state index in [1.165, 1.54) is 0 Å². The van der Waals surface area contributed by atoms with Crippen LogP contribution in [-0.2, 0) is 22.3 Å². The molecular weight excluding hydrogens is 370 g/mol. The number of hydrogen-bond acceptors (Lipinski definition) is 3. The average Bonchev–Trinajstić information content (AvgIpc) is 2.97. The number of carbonyl (C=O) groups is 2. The van der Waals surface area contributed by atoms with Gasteiger partial charge in [-0.05, 0) is 18.6 Å². The number of ether oxygens (including phenoxy) is 1. The van der Waals surface area contributed by atoms with Crippen LogP contribution in [0.15, 0.2) is 18.2 Å². The maximum Gasteiger partial charge on any atom is 0.416 e. The lowest BCUT2D eigenvalue weighted by Gasteiger charge is -2.39. The summed E-state index contributed by atoms with van der Waals surface area (Å²) in [5, 5.41) is 5.32. The number of alkyl halides is 3. The minimum absolute atomic E-state index is 0.0391. The van der Waals surface area contributed by atoms with E-state index < -0.39 is 17.6 Å². The van der Waals surface area contributed by atoms with Gasteiger partial charge >= 0.3 is 12.2 Å². The van der Waals surface area contributed by atoms with Crippen molar-refractivity contribution >= 4 is 11.9 Å². The Morgan fingerprint density at radius 1 is 1.30 bits per heavy atom. The number of benzene rings is 1. The zero-order chi connectivity index (χ0) is 19.6. The fraction of sp³-hybridized carbons (Fsp3) is 0.529. The molecule has 1 aromatic rings. The molecule has 27 heavy (non-hydrogen) atoms. The molecule has 3 amide bonds. The van der Waals surface area contributed by atoms with Crippen molar-refractivity contribution in [1.82, 2.24) is 15.5 Å². The van der Waals surface area contributed by atoms with E-state index >= 15 is 0 Å². The van der Waals surface area contributed by atoms with Gasteiger partial charge in [-0.25, -0.2) is 9.18 Å². The standard InChI is InChI=1S/C17H19F4N3O3/c18-14-5-11(17(19,20)21)2-1-10(14)9-27-13-7-24(8-13)15(25)4-3-12-6-22-16(26)23-12/h1-2,5,12-13H,3-4,6-9H2,(H2,22,23,26). The fourth-order valence-electron chi connectivity index (χ4n) is 2.93. The lowest BCUT2D eigenvalue weighted by Crippen LogP contribution is -2.54. The smallest absolute Gasteiger partial charge is 0.370 e. The van der Waals surface area contributed by atoms with E-state index in [1.807, 2.05) is 0 Å². The maximum atomic E-state index is 13.8. The molecular formula is C17H19F4N3O3. The molecule has 0 radical (unpaired) electrons. The first-order valence-corrected chi connectivity index (χ1v) is 8.51. The van der Waals surface area contributed by atoms with E-state index in [0.717, 1.165) is 12.1 Å². The molecule has 0 saturated carbocycles. The Kier molecular flexibility index (Phi) is 5.54. The summed E-state index contributed by atoms with van der Waals surface area (Å²) in [6.45, 7) is 1.06. The SMILES string of the molecule is O=C1NCC(CCC(=O)N2CC(OCc3ccc(C(F)(F)F)cc3F)C2)N1. The van der Waals surface area contributed by atoms with Gasteiger partial charge in [-0.2, -0.15) is 13.2 Å². The third-order valence-corrected chi connectivity index (χ3v) is 4.61. The largest absolute Gasteiger partial charge is 0.416 e. The second-order valence-corrected chi connectivity index (χ2v) is 6.63. The topological polar surface area (TPSA) is 70.7 Å². The molecule has 2 N–H and O–H groups in total. The van der Waals surface area contributed by atoms with Crippen LogP contribution in [0.1, 0.15) is 24.0 Å². The monoisotopic (exact) mass is 389 g/mol. The zero-order valence-electron chi connectivity index (χ0n) is 14.3. The van der Waals surface area contributed by atoms with E-state index in [2.05, 4.69) is 10.6 Å². The van der Waals surface area contributed by atoms with Crippen LogP contribution in [-0.4, -0.2) is 48.6 Å². The van der Waals surface area contributed by atoms with Gasteiger partial charge < -0.3 is 20.3 Å². The second-order valence-electron chi connectivity index (χ2n) is 6.63. The van der Waals surface area contributed by atoms with Crippen LogP contribution in [0, 0.1) is 5.82 Å². The molecule has 2 fully saturated rings. The highest BCUT2D eigenvalue weighted by Gasteiger charge is 2.33. The molecule has 148 valence electrons. The van der Waals surface area contributed by atoms with Crippen molar-refractivity contribution in [3.63, 3.8) is 0 Å². The van der Waals surface area contributed by atoms with Gasteiger partial charge in [-0.1, -0.05) is 6.07 Å². The first kappa shape index (κ1) is 19.4. The van der Waals surface area contributed by atoms with Crippen LogP contribution in [0.5, 0.6) is 0 Å². The molecule has 0 aliphatic carbocycles. The van der Waals surface area contributed by atoms with Crippen LogP contribution in [0.2, 0.25) is 0 Å². The minimum Gasteiger partial charge on any atom is -0.370 e. The molecule has 10 heteroatoms. The Morgan fingerprint density at radius 2 is 2.04 bits per heavy atom. The Balaban J connectivity index is 1.38. The summed E-state index contributed by atoms with van der Waals surface area (Å²) in [7, 11) is 0. The number of likely N-dealkylation sites (tertiary alicyclic amines) is 1. The highest BCUT2D eigenvalue weighted by molar-refractivity contribution is 5.78. The molecule has 2 aliphatic heterocycles. The Labute approximate surface area is 152 Å². The summed E-state index contributed by atoms with van der Waals surface area (Å²) in [6, 6.07) is 2.03. The van der Waals surface area contributed by atoms with E-state index in [-0.39, 0.29) is 36.3 Å². The normalized spacial score (nSPS) is 20.2. The number of urea groups is 1. The molecule has 6 nitrogen and oxygen atoms in total. The van der Waals surface area contributed by atoms with E-state index in [4.69, 9.17) is 4.74 Å². The number of nitrogens with zero attached hydrogens (tertiary/aromatic N) is 1. The highest BCUT2D eigenvalue weighted by Crippen LogP contribution is 2.30. The molecule has 3 rings (SSSR count). The molecule has 1 atom stereocenters. The Bertz CT molecular complexity index is 720. The van der Waals surface area contributed by atoms with E-state index in [1.54, 1.807) is 4.90 Å². The summed E-state index contributed by atoms with van der Waals surface area (Å²) >= 11 is 0. The van der Waals surface area contributed by atoms with Crippen molar-refractivity contribution in [2.24, 2.45) is 0 Å². The van der Waals surface area contributed by atoms with Crippen molar-refractivity contribution in [2.75, 3.05) is 19.6 Å². The van der Waals surface area contributed by atoms with Crippen LogP contribution >= 0.6 is 0 Å². The molecule has 1 aromatic carbocycles. The fourth-order valence-corrected chi connectivity index (χ4v) is 2.93.